The summed E-state index contributed by atoms with van der Waals surface area (Å²) in [6.07, 6.45) is 2.11. The van der Waals surface area contributed by atoms with Crippen LogP contribution in [0.25, 0.3) is 0 Å². The first-order valence-electron chi connectivity index (χ1n) is 9.54. The summed E-state index contributed by atoms with van der Waals surface area (Å²) >= 11 is 0. The van der Waals surface area contributed by atoms with Crippen LogP contribution in [0.4, 0.5) is 13.2 Å². The van der Waals surface area contributed by atoms with Gasteiger partial charge in [-0.3, -0.25) is 4.79 Å². The summed E-state index contributed by atoms with van der Waals surface area (Å²) < 4.78 is 40.9. The second kappa shape index (κ2) is 8.78. The molecular formula is C22H25F3N2O. The molecule has 3 nitrogen and oxygen atoms in total. The number of likely N-dealkylation sites (N-methyl/N-ethyl adjacent to an activating group) is 1. The van der Waals surface area contributed by atoms with Crippen molar-refractivity contribution in [3.05, 3.63) is 70.5 Å². The molecule has 0 saturated carbocycles. The topological polar surface area (TPSA) is 23.6 Å². The van der Waals surface area contributed by atoms with Gasteiger partial charge in [-0.05, 0) is 55.6 Å². The number of hydrogen-bond donors (Lipinski definition) is 0. The van der Waals surface area contributed by atoms with E-state index < -0.39 is 17.5 Å². The Hall–Kier alpha value is -2.34. The van der Waals surface area contributed by atoms with Crippen molar-refractivity contribution in [1.29, 1.82) is 0 Å². The van der Waals surface area contributed by atoms with Crippen LogP contribution >= 0.6 is 0 Å². The highest BCUT2D eigenvalue weighted by Gasteiger charge is 2.26. The predicted molar refractivity (Wildman–Crippen MR) is 102 cm³/mol. The fraction of sp³-hybridized carbons (Fsp3) is 0.409. The van der Waals surface area contributed by atoms with Crippen LogP contribution in [0, 0.1) is 24.4 Å². The van der Waals surface area contributed by atoms with Crippen molar-refractivity contribution in [2.45, 2.75) is 32.2 Å². The van der Waals surface area contributed by atoms with E-state index in [4.69, 9.17) is 0 Å². The van der Waals surface area contributed by atoms with Gasteiger partial charge < -0.3 is 9.80 Å². The molecule has 0 radical (unpaired) electrons. The van der Waals surface area contributed by atoms with E-state index >= 15 is 0 Å². The zero-order chi connectivity index (χ0) is 20.3. The van der Waals surface area contributed by atoms with Gasteiger partial charge in [-0.25, -0.2) is 13.2 Å². The third-order valence-corrected chi connectivity index (χ3v) is 5.53. The predicted octanol–water partition coefficient (Wildman–Crippen LogP) is 4.25. The summed E-state index contributed by atoms with van der Waals surface area (Å²) in [5.41, 5.74) is 1.15. The largest absolute Gasteiger partial charge is 0.337 e. The third-order valence-electron chi connectivity index (χ3n) is 5.53. The van der Waals surface area contributed by atoms with Crippen LogP contribution in [0.5, 0.6) is 0 Å². The molecule has 2 aromatic rings. The molecule has 1 atom stereocenters. The van der Waals surface area contributed by atoms with Gasteiger partial charge in [0.05, 0.1) is 12.5 Å². The Bertz CT molecular complexity index is 835. The average molecular weight is 390 g/mol. The molecule has 0 aromatic heterocycles. The first kappa shape index (κ1) is 20.4. The van der Waals surface area contributed by atoms with E-state index in [1.54, 1.807) is 11.9 Å². The van der Waals surface area contributed by atoms with Crippen molar-refractivity contribution in [1.82, 2.24) is 9.80 Å². The number of benzene rings is 2. The van der Waals surface area contributed by atoms with E-state index in [2.05, 4.69) is 4.90 Å². The van der Waals surface area contributed by atoms with Gasteiger partial charge in [0, 0.05) is 13.6 Å². The van der Waals surface area contributed by atoms with Crippen LogP contribution in [0.2, 0.25) is 0 Å². The number of hydrogen-bond acceptors (Lipinski definition) is 2. The standard InChI is InChI=1S/C22H25F3N2O/c1-15-17(12-18(23)22(25)21(15)24)13-20(28)26(2)19(14-27-10-6-7-11-27)16-8-4-3-5-9-16/h3-5,8-9,12,19H,6-7,10-11,13-14H2,1-2H3/t19-/m1/s1. The Balaban J connectivity index is 1.82. The van der Waals surface area contributed by atoms with E-state index in [1.807, 2.05) is 30.3 Å². The first-order chi connectivity index (χ1) is 13.4. The molecule has 1 aliphatic rings. The number of rotatable bonds is 6. The second-order valence-corrected chi connectivity index (χ2v) is 7.39. The number of amides is 1. The second-order valence-electron chi connectivity index (χ2n) is 7.39. The fourth-order valence-electron chi connectivity index (χ4n) is 3.72. The van der Waals surface area contributed by atoms with Crippen LogP contribution in [0.1, 0.15) is 35.6 Å². The summed E-state index contributed by atoms with van der Waals surface area (Å²) in [5.74, 6) is -4.27. The Kier molecular flexibility index (Phi) is 6.39. The SMILES string of the molecule is Cc1c(CC(=O)N(C)[C@H](CN2CCCC2)c2ccccc2)cc(F)c(F)c1F. The zero-order valence-corrected chi connectivity index (χ0v) is 16.2. The molecule has 0 bridgehead atoms. The van der Waals surface area contributed by atoms with Crippen LogP contribution < -0.4 is 0 Å². The number of likely N-dealkylation sites (tertiary alicyclic amines) is 1. The van der Waals surface area contributed by atoms with Gasteiger partial charge in [0.1, 0.15) is 0 Å². The Morgan fingerprint density at radius 3 is 2.39 bits per heavy atom. The van der Waals surface area contributed by atoms with Crippen LogP contribution in [-0.2, 0) is 11.2 Å². The van der Waals surface area contributed by atoms with Crippen molar-refractivity contribution in [3.63, 3.8) is 0 Å². The molecule has 150 valence electrons. The molecule has 1 amide bonds. The highest BCUT2D eigenvalue weighted by atomic mass is 19.2. The molecule has 6 heteroatoms. The van der Waals surface area contributed by atoms with Crippen LogP contribution in [0.15, 0.2) is 36.4 Å². The summed E-state index contributed by atoms with van der Waals surface area (Å²) in [5, 5.41) is 0. The molecule has 1 aliphatic heterocycles. The minimum absolute atomic E-state index is 0.0311. The molecule has 1 heterocycles. The van der Waals surface area contributed by atoms with Crippen molar-refractivity contribution >= 4 is 5.91 Å². The summed E-state index contributed by atoms with van der Waals surface area (Å²) in [7, 11) is 1.71. The monoisotopic (exact) mass is 390 g/mol. The van der Waals surface area contributed by atoms with E-state index in [0.29, 0.717) is 6.54 Å². The van der Waals surface area contributed by atoms with Crippen LogP contribution in [-0.4, -0.2) is 42.4 Å². The molecule has 0 aliphatic carbocycles. The molecular weight excluding hydrogens is 365 g/mol. The number of halogens is 3. The average Bonchev–Trinajstić information content (AvgIpc) is 3.22. The lowest BCUT2D eigenvalue weighted by atomic mass is 10.0. The van der Waals surface area contributed by atoms with Crippen molar-refractivity contribution in [2.75, 3.05) is 26.7 Å². The van der Waals surface area contributed by atoms with Crippen LogP contribution in [0.3, 0.4) is 0 Å². The lowest BCUT2D eigenvalue weighted by Crippen LogP contribution is -2.39. The molecule has 0 unspecified atom stereocenters. The number of nitrogens with zero attached hydrogens (tertiary/aromatic N) is 2. The highest BCUT2D eigenvalue weighted by Crippen LogP contribution is 2.25. The highest BCUT2D eigenvalue weighted by molar-refractivity contribution is 5.79. The Labute approximate surface area is 163 Å². The molecule has 0 spiro atoms. The Morgan fingerprint density at radius 2 is 1.75 bits per heavy atom. The normalized spacial score (nSPS) is 15.6. The van der Waals surface area contributed by atoms with Crippen molar-refractivity contribution in [3.8, 4) is 0 Å². The summed E-state index contributed by atoms with van der Waals surface area (Å²) in [6, 6.07) is 10.5. The Morgan fingerprint density at radius 1 is 1.11 bits per heavy atom. The van der Waals surface area contributed by atoms with Gasteiger partial charge >= 0.3 is 0 Å². The number of carbonyl (C=O) groups is 1. The molecule has 28 heavy (non-hydrogen) atoms. The van der Waals surface area contributed by atoms with Gasteiger partial charge in [0.2, 0.25) is 5.91 Å². The van der Waals surface area contributed by atoms with E-state index in [0.717, 1.165) is 37.6 Å². The van der Waals surface area contributed by atoms with E-state index in [-0.39, 0.29) is 29.5 Å². The first-order valence-corrected chi connectivity index (χ1v) is 9.54. The minimum atomic E-state index is -1.50. The maximum Gasteiger partial charge on any atom is 0.227 e. The lowest BCUT2D eigenvalue weighted by molar-refractivity contribution is -0.131. The molecule has 1 fully saturated rings. The molecule has 3 rings (SSSR count). The fourth-order valence-corrected chi connectivity index (χ4v) is 3.72. The molecule has 0 N–H and O–H groups in total. The van der Waals surface area contributed by atoms with E-state index in [9.17, 15) is 18.0 Å². The maximum absolute atomic E-state index is 13.9. The zero-order valence-electron chi connectivity index (χ0n) is 16.2. The number of carbonyl (C=O) groups excluding carboxylic acids is 1. The molecule has 1 saturated heterocycles. The van der Waals surface area contributed by atoms with Gasteiger partial charge in [-0.15, -0.1) is 0 Å². The van der Waals surface area contributed by atoms with E-state index in [1.165, 1.54) is 6.92 Å². The minimum Gasteiger partial charge on any atom is -0.337 e. The maximum atomic E-state index is 13.9. The van der Waals surface area contributed by atoms with Gasteiger partial charge in [0.15, 0.2) is 17.5 Å². The third kappa shape index (κ3) is 4.38. The molecule has 2 aromatic carbocycles. The smallest absolute Gasteiger partial charge is 0.227 e. The van der Waals surface area contributed by atoms with Crippen molar-refractivity contribution < 1.29 is 18.0 Å². The quantitative estimate of drug-likeness (QED) is 0.689. The van der Waals surface area contributed by atoms with Gasteiger partial charge in [0.25, 0.3) is 0 Å². The van der Waals surface area contributed by atoms with Gasteiger partial charge in [-0.2, -0.15) is 0 Å². The lowest BCUT2D eigenvalue weighted by Gasteiger charge is -2.32. The van der Waals surface area contributed by atoms with Gasteiger partial charge in [-0.1, -0.05) is 30.3 Å². The summed E-state index contributed by atoms with van der Waals surface area (Å²) in [6.45, 7) is 4.06. The van der Waals surface area contributed by atoms with Crippen molar-refractivity contribution in [2.24, 2.45) is 0 Å². The summed E-state index contributed by atoms with van der Waals surface area (Å²) in [4.78, 5) is 16.9.